The topological polar surface area (TPSA) is 63.3 Å². The van der Waals surface area contributed by atoms with Crippen LogP contribution >= 0.6 is 0 Å². The summed E-state index contributed by atoms with van der Waals surface area (Å²) in [4.78, 5) is 10.4. The summed E-state index contributed by atoms with van der Waals surface area (Å²) in [5.74, 6) is -1.84. The second-order valence-electron chi connectivity index (χ2n) is 2.49. The van der Waals surface area contributed by atoms with E-state index in [0.717, 1.165) is 6.07 Å². The number of hydrogen-bond acceptors (Lipinski definition) is 2. The van der Waals surface area contributed by atoms with Gasteiger partial charge >= 0.3 is 5.97 Å². The zero-order valence-corrected chi connectivity index (χ0v) is 6.47. The fraction of sp³-hybridized carbons (Fsp3) is 0.125. The van der Waals surface area contributed by atoms with E-state index in [1.54, 1.807) is 6.92 Å². The minimum Gasteiger partial charge on any atom is -0.478 e. The third-order valence-corrected chi connectivity index (χ3v) is 1.58. The summed E-state index contributed by atoms with van der Waals surface area (Å²) in [6, 6.07) is 2.24. The largest absolute Gasteiger partial charge is 0.478 e. The molecule has 0 aliphatic carbocycles. The summed E-state index contributed by atoms with van der Waals surface area (Å²) < 4.78 is 12.8. The molecule has 0 bridgehead atoms. The lowest BCUT2D eigenvalue weighted by atomic mass is 10.1. The highest BCUT2D eigenvalue weighted by molar-refractivity contribution is 5.88. The zero-order valence-electron chi connectivity index (χ0n) is 6.47. The number of benzene rings is 1. The normalized spacial score (nSPS) is 9.83. The number of hydrogen-bond donors (Lipinski definition) is 2. The number of carboxylic acid groups (broad SMARTS) is 1. The van der Waals surface area contributed by atoms with Gasteiger partial charge in [-0.25, -0.2) is 9.18 Å². The van der Waals surface area contributed by atoms with E-state index in [2.05, 4.69) is 0 Å². The number of anilines is 1. The first kappa shape index (κ1) is 8.52. The highest BCUT2D eigenvalue weighted by atomic mass is 19.1. The summed E-state index contributed by atoms with van der Waals surface area (Å²) in [7, 11) is 0. The maximum Gasteiger partial charge on any atom is 0.335 e. The molecule has 1 rings (SSSR count). The van der Waals surface area contributed by atoms with Crippen LogP contribution in [0.4, 0.5) is 10.1 Å². The van der Waals surface area contributed by atoms with Crippen molar-refractivity contribution in [2.24, 2.45) is 0 Å². The Kier molecular flexibility index (Phi) is 1.99. The molecule has 0 aliphatic rings. The maximum absolute atomic E-state index is 12.8. The van der Waals surface area contributed by atoms with Crippen LogP contribution in [0.1, 0.15) is 15.9 Å². The molecule has 12 heavy (non-hydrogen) atoms. The van der Waals surface area contributed by atoms with Crippen LogP contribution in [0.2, 0.25) is 0 Å². The van der Waals surface area contributed by atoms with Gasteiger partial charge in [-0.15, -0.1) is 0 Å². The van der Waals surface area contributed by atoms with E-state index >= 15 is 0 Å². The molecule has 1 aromatic rings. The standard InChI is InChI=1S/C8H8FNO2/c1-4-2-5(8(11)12)3-6(9)7(4)10/h2-3H,10H2,1H3,(H,11,12). The molecule has 3 N–H and O–H groups in total. The molecule has 0 saturated heterocycles. The van der Waals surface area contributed by atoms with Crippen molar-refractivity contribution in [2.75, 3.05) is 5.73 Å². The van der Waals surface area contributed by atoms with Gasteiger partial charge in [-0.2, -0.15) is 0 Å². The molecule has 64 valence electrons. The average Bonchev–Trinajstić information content (AvgIpc) is 1.99. The molecule has 0 heterocycles. The van der Waals surface area contributed by atoms with Crippen LogP contribution in [0, 0.1) is 12.7 Å². The van der Waals surface area contributed by atoms with Crippen molar-refractivity contribution >= 4 is 11.7 Å². The van der Waals surface area contributed by atoms with Crippen LogP contribution in [-0.2, 0) is 0 Å². The first-order valence-corrected chi connectivity index (χ1v) is 3.31. The van der Waals surface area contributed by atoms with Crippen LogP contribution < -0.4 is 5.73 Å². The van der Waals surface area contributed by atoms with Crippen molar-refractivity contribution in [3.05, 3.63) is 29.1 Å². The molecule has 0 fully saturated rings. The highest BCUT2D eigenvalue weighted by Gasteiger charge is 2.08. The Labute approximate surface area is 68.6 Å². The molecule has 0 aliphatic heterocycles. The van der Waals surface area contributed by atoms with Crippen molar-refractivity contribution in [3.63, 3.8) is 0 Å². The molecule has 0 unspecified atom stereocenters. The predicted octanol–water partition coefficient (Wildman–Crippen LogP) is 1.41. The van der Waals surface area contributed by atoms with Gasteiger partial charge in [-0.05, 0) is 24.6 Å². The van der Waals surface area contributed by atoms with Crippen LogP contribution in [0.25, 0.3) is 0 Å². The van der Waals surface area contributed by atoms with Crippen molar-refractivity contribution in [3.8, 4) is 0 Å². The Hall–Kier alpha value is -1.58. The number of aromatic carboxylic acids is 1. The highest BCUT2D eigenvalue weighted by Crippen LogP contribution is 2.17. The average molecular weight is 169 g/mol. The van der Waals surface area contributed by atoms with Crippen molar-refractivity contribution in [1.82, 2.24) is 0 Å². The minimum atomic E-state index is -1.16. The zero-order chi connectivity index (χ0) is 9.30. The lowest BCUT2D eigenvalue weighted by Crippen LogP contribution is -2.01. The Bertz CT molecular complexity index is 313. The molecule has 0 radical (unpaired) electrons. The van der Waals surface area contributed by atoms with Crippen LogP contribution in [0.3, 0.4) is 0 Å². The van der Waals surface area contributed by atoms with Crippen LogP contribution in [-0.4, -0.2) is 11.1 Å². The number of carboxylic acids is 1. The van der Waals surface area contributed by atoms with Gasteiger partial charge in [-0.1, -0.05) is 0 Å². The van der Waals surface area contributed by atoms with Crippen molar-refractivity contribution in [2.45, 2.75) is 6.92 Å². The summed E-state index contributed by atoms with van der Waals surface area (Å²) in [5.41, 5.74) is 5.64. The Morgan fingerprint density at radius 1 is 1.58 bits per heavy atom. The molecular formula is C8H8FNO2. The molecule has 0 spiro atoms. The number of nitrogen functional groups attached to an aromatic ring is 1. The first-order chi connectivity index (χ1) is 5.52. The van der Waals surface area contributed by atoms with Gasteiger partial charge in [0, 0.05) is 0 Å². The lowest BCUT2D eigenvalue weighted by Gasteiger charge is -2.02. The van der Waals surface area contributed by atoms with Gasteiger partial charge in [0.15, 0.2) is 0 Å². The number of rotatable bonds is 1. The van der Waals surface area contributed by atoms with Gasteiger partial charge in [0.2, 0.25) is 0 Å². The molecule has 0 saturated carbocycles. The molecule has 3 nitrogen and oxygen atoms in total. The van der Waals surface area contributed by atoms with Crippen LogP contribution in [0.15, 0.2) is 12.1 Å². The SMILES string of the molecule is Cc1cc(C(=O)O)cc(F)c1N. The number of nitrogens with two attached hydrogens (primary N) is 1. The number of halogens is 1. The lowest BCUT2D eigenvalue weighted by molar-refractivity contribution is 0.0696. The summed E-state index contributed by atoms with van der Waals surface area (Å²) >= 11 is 0. The second kappa shape index (κ2) is 2.81. The number of carbonyl (C=O) groups is 1. The maximum atomic E-state index is 12.8. The van der Waals surface area contributed by atoms with E-state index in [1.807, 2.05) is 0 Å². The fourth-order valence-electron chi connectivity index (χ4n) is 0.879. The van der Waals surface area contributed by atoms with E-state index in [9.17, 15) is 9.18 Å². The number of aryl methyl sites for hydroxylation is 1. The molecule has 0 atom stereocenters. The van der Waals surface area contributed by atoms with E-state index in [1.165, 1.54) is 6.07 Å². The van der Waals surface area contributed by atoms with Gasteiger partial charge in [-0.3, -0.25) is 0 Å². The molecule has 4 heteroatoms. The summed E-state index contributed by atoms with van der Waals surface area (Å²) in [6.07, 6.45) is 0. The van der Waals surface area contributed by atoms with E-state index in [-0.39, 0.29) is 11.3 Å². The molecule has 0 amide bonds. The van der Waals surface area contributed by atoms with E-state index in [0.29, 0.717) is 5.56 Å². The van der Waals surface area contributed by atoms with Gasteiger partial charge in [0.1, 0.15) is 5.82 Å². The molecular weight excluding hydrogens is 161 g/mol. The Morgan fingerprint density at radius 3 is 2.58 bits per heavy atom. The quantitative estimate of drug-likeness (QED) is 0.625. The van der Waals surface area contributed by atoms with Crippen molar-refractivity contribution < 1.29 is 14.3 Å². The third-order valence-electron chi connectivity index (χ3n) is 1.58. The predicted molar refractivity (Wildman–Crippen MR) is 42.5 cm³/mol. The first-order valence-electron chi connectivity index (χ1n) is 3.31. The Morgan fingerprint density at radius 2 is 2.17 bits per heavy atom. The molecule has 1 aromatic carbocycles. The van der Waals surface area contributed by atoms with Gasteiger partial charge < -0.3 is 10.8 Å². The van der Waals surface area contributed by atoms with Crippen LogP contribution in [0.5, 0.6) is 0 Å². The Balaban J connectivity index is 3.31. The van der Waals surface area contributed by atoms with E-state index in [4.69, 9.17) is 10.8 Å². The summed E-state index contributed by atoms with van der Waals surface area (Å²) in [6.45, 7) is 1.56. The minimum absolute atomic E-state index is 0.000000000000000222. The van der Waals surface area contributed by atoms with Gasteiger partial charge in [0.25, 0.3) is 0 Å². The monoisotopic (exact) mass is 169 g/mol. The van der Waals surface area contributed by atoms with Gasteiger partial charge in [0.05, 0.1) is 11.3 Å². The fourth-order valence-corrected chi connectivity index (χ4v) is 0.879. The van der Waals surface area contributed by atoms with E-state index < -0.39 is 11.8 Å². The molecule has 0 aromatic heterocycles. The van der Waals surface area contributed by atoms with Crippen molar-refractivity contribution in [1.29, 1.82) is 0 Å². The third kappa shape index (κ3) is 1.37. The second-order valence-corrected chi connectivity index (χ2v) is 2.49. The smallest absolute Gasteiger partial charge is 0.335 e. The summed E-state index contributed by atoms with van der Waals surface area (Å²) in [5, 5.41) is 8.52.